The lowest BCUT2D eigenvalue weighted by molar-refractivity contribution is -0.136. The van der Waals surface area contributed by atoms with E-state index in [4.69, 9.17) is 9.47 Å². The standard InChI is InChI=1S/C25H31N3O4S/c1-26-10-12-28(13-11-26)25(30)22-18-14-20(31-3)21(32-4)15-19(18)24(29)27(2)23(22)16-6-8-17(33-5)9-7-16/h6-9,14-15,22-23H,10-13H2,1-5H3/t22-,23-/m0/s1. The number of fused-ring (bicyclic) bond motifs is 1. The number of methoxy groups -OCH3 is 2. The molecule has 2 aliphatic rings. The molecule has 33 heavy (non-hydrogen) atoms. The van der Waals surface area contributed by atoms with Crippen LogP contribution in [0.4, 0.5) is 0 Å². The van der Waals surface area contributed by atoms with Crippen molar-refractivity contribution in [3.8, 4) is 11.5 Å². The number of amides is 2. The van der Waals surface area contributed by atoms with Crippen LogP contribution in [0.3, 0.4) is 0 Å². The fraction of sp³-hybridized carbons (Fsp3) is 0.440. The summed E-state index contributed by atoms with van der Waals surface area (Å²) < 4.78 is 11.0. The van der Waals surface area contributed by atoms with Gasteiger partial charge in [0.25, 0.3) is 5.91 Å². The first-order valence-electron chi connectivity index (χ1n) is 11.0. The van der Waals surface area contributed by atoms with E-state index in [2.05, 4.69) is 11.9 Å². The summed E-state index contributed by atoms with van der Waals surface area (Å²) in [5, 5.41) is 0. The van der Waals surface area contributed by atoms with Crippen LogP contribution < -0.4 is 9.47 Å². The number of benzene rings is 2. The quantitative estimate of drug-likeness (QED) is 0.627. The van der Waals surface area contributed by atoms with E-state index in [1.54, 1.807) is 50.1 Å². The largest absolute Gasteiger partial charge is 0.493 e. The number of rotatable bonds is 5. The van der Waals surface area contributed by atoms with Crippen LogP contribution >= 0.6 is 11.8 Å². The van der Waals surface area contributed by atoms with Crippen LogP contribution in [-0.2, 0) is 4.79 Å². The number of carbonyl (C=O) groups excluding carboxylic acids is 2. The number of nitrogens with zero attached hydrogens (tertiary/aromatic N) is 3. The molecule has 1 fully saturated rings. The van der Waals surface area contributed by atoms with Gasteiger partial charge in [-0.15, -0.1) is 11.8 Å². The summed E-state index contributed by atoms with van der Waals surface area (Å²) in [5.74, 6) is 0.362. The topological polar surface area (TPSA) is 62.3 Å². The fourth-order valence-corrected chi connectivity index (χ4v) is 5.16. The van der Waals surface area contributed by atoms with Crippen molar-refractivity contribution < 1.29 is 19.1 Å². The molecule has 2 atom stereocenters. The van der Waals surface area contributed by atoms with E-state index < -0.39 is 12.0 Å². The minimum atomic E-state index is -0.536. The number of thioether (sulfide) groups is 1. The van der Waals surface area contributed by atoms with Crippen LogP contribution in [0.15, 0.2) is 41.3 Å². The Hall–Kier alpha value is -2.71. The van der Waals surface area contributed by atoms with Gasteiger partial charge in [0, 0.05) is 43.7 Å². The SMILES string of the molecule is COc1cc2c(cc1OC)[C@H](C(=O)N1CCN(C)CC1)[C@H](c1ccc(SC)cc1)N(C)C2=O. The van der Waals surface area contributed by atoms with E-state index in [1.165, 1.54) is 0 Å². The van der Waals surface area contributed by atoms with E-state index in [9.17, 15) is 9.59 Å². The zero-order valence-electron chi connectivity index (χ0n) is 19.8. The molecule has 2 aliphatic heterocycles. The molecular formula is C25H31N3O4S. The zero-order chi connectivity index (χ0) is 23.7. The molecule has 7 nitrogen and oxygen atoms in total. The van der Waals surface area contributed by atoms with Gasteiger partial charge >= 0.3 is 0 Å². The second-order valence-electron chi connectivity index (χ2n) is 8.53. The summed E-state index contributed by atoms with van der Waals surface area (Å²) in [6.07, 6.45) is 2.03. The van der Waals surface area contributed by atoms with E-state index >= 15 is 0 Å². The van der Waals surface area contributed by atoms with Crippen molar-refractivity contribution in [3.05, 3.63) is 53.1 Å². The molecule has 0 aliphatic carbocycles. The molecule has 2 heterocycles. The van der Waals surface area contributed by atoms with Crippen molar-refractivity contribution in [2.75, 3.05) is 60.7 Å². The third-order valence-electron chi connectivity index (χ3n) is 6.71. The normalized spacial score (nSPS) is 21.1. The number of likely N-dealkylation sites (N-methyl/N-ethyl adjacent to an activating group) is 2. The fourth-order valence-electron chi connectivity index (χ4n) is 4.76. The Morgan fingerprint density at radius 3 is 2.15 bits per heavy atom. The second-order valence-corrected chi connectivity index (χ2v) is 9.41. The summed E-state index contributed by atoms with van der Waals surface area (Å²) in [6.45, 7) is 3.01. The maximum absolute atomic E-state index is 14.0. The molecule has 176 valence electrons. The molecule has 2 aromatic carbocycles. The van der Waals surface area contributed by atoms with Gasteiger partial charge in [0.05, 0.1) is 26.2 Å². The first-order chi connectivity index (χ1) is 15.9. The Morgan fingerprint density at radius 2 is 1.58 bits per heavy atom. The molecule has 0 unspecified atom stereocenters. The molecule has 4 rings (SSSR count). The molecule has 2 amide bonds. The van der Waals surface area contributed by atoms with Gasteiger partial charge in [0.15, 0.2) is 11.5 Å². The van der Waals surface area contributed by atoms with Gasteiger partial charge in [-0.1, -0.05) is 12.1 Å². The second kappa shape index (κ2) is 9.65. The Bertz CT molecular complexity index is 1030. The number of hydrogen-bond donors (Lipinski definition) is 0. The number of carbonyl (C=O) groups is 2. The van der Waals surface area contributed by atoms with Crippen molar-refractivity contribution in [2.24, 2.45) is 0 Å². The van der Waals surface area contributed by atoms with Gasteiger partial charge in [-0.05, 0) is 48.7 Å². The van der Waals surface area contributed by atoms with E-state index in [0.29, 0.717) is 35.7 Å². The van der Waals surface area contributed by atoms with Gasteiger partial charge < -0.3 is 24.2 Å². The van der Waals surface area contributed by atoms with Crippen LogP contribution in [0.2, 0.25) is 0 Å². The highest BCUT2D eigenvalue weighted by molar-refractivity contribution is 7.98. The first-order valence-corrected chi connectivity index (χ1v) is 12.3. The maximum Gasteiger partial charge on any atom is 0.254 e. The Kier molecular flexibility index (Phi) is 6.86. The highest BCUT2D eigenvalue weighted by atomic mass is 32.2. The van der Waals surface area contributed by atoms with Crippen molar-refractivity contribution in [3.63, 3.8) is 0 Å². The van der Waals surface area contributed by atoms with Crippen LogP contribution in [0.25, 0.3) is 0 Å². The van der Waals surface area contributed by atoms with E-state index in [-0.39, 0.29) is 11.8 Å². The van der Waals surface area contributed by atoms with E-state index in [0.717, 1.165) is 23.5 Å². The van der Waals surface area contributed by atoms with Gasteiger partial charge in [-0.25, -0.2) is 0 Å². The van der Waals surface area contributed by atoms with Gasteiger partial charge in [0.2, 0.25) is 5.91 Å². The third kappa shape index (κ3) is 4.29. The molecule has 0 spiro atoms. The van der Waals surface area contributed by atoms with Crippen molar-refractivity contribution in [1.82, 2.24) is 14.7 Å². The number of hydrogen-bond acceptors (Lipinski definition) is 6. The summed E-state index contributed by atoms with van der Waals surface area (Å²) in [5.41, 5.74) is 2.12. The maximum atomic E-state index is 14.0. The molecule has 1 saturated heterocycles. The summed E-state index contributed by atoms with van der Waals surface area (Å²) in [4.78, 5) is 34.5. The Balaban J connectivity index is 1.86. The minimum absolute atomic E-state index is 0.0369. The average molecular weight is 470 g/mol. The smallest absolute Gasteiger partial charge is 0.254 e. The summed E-state index contributed by atoms with van der Waals surface area (Å²) in [6, 6.07) is 11.2. The molecule has 0 bridgehead atoms. The Morgan fingerprint density at radius 1 is 0.970 bits per heavy atom. The highest BCUT2D eigenvalue weighted by Crippen LogP contribution is 2.46. The predicted octanol–water partition coefficient (Wildman–Crippen LogP) is 3.11. The molecule has 0 N–H and O–H groups in total. The summed E-state index contributed by atoms with van der Waals surface area (Å²) >= 11 is 1.66. The lowest BCUT2D eigenvalue weighted by Gasteiger charge is -2.43. The van der Waals surface area contributed by atoms with Gasteiger partial charge in [0.1, 0.15) is 0 Å². The van der Waals surface area contributed by atoms with Crippen LogP contribution in [0, 0.1) is 0 Å². The van der Waals surface area contributed by atoms with Crippen LogP contribution in [0.5, 0.6) is 11.5 Å². The predicted molar refractivity (Wildman–Crippen MR) is 129 cm³/mol. The number of ether oxygens (including phenoxy) is 2. The average Bonchev–Trinajstić information content (AvgIpc) is 2.85. The number of piperazine rings is 1. The lowest BCUT2D eigenvalue weighted by atomic mass is 9.78. The lowest BCUT2D eigenvalue weighted by Crippen LogP contribution is -2.52. The molecule has 2 aromatic rings. The zero-order valence-corrected chi connectivity index (χ0v) is 20.6. The molecule has 0 saturated carbocycles. The van der Waals surface area contributed by atoms with Crippen molar-refractivity contribution in [1.29, 1.82) is 0 Å². The van der Waals surface area contributed by atoms with Crippen molar-refractivity contribution >= 4 is 23.6 Å². The molecular weight excluding hydrogens is 438 g/mol. The Labute approximate surface area is 199 Å². The van der Waals surface area contributed by atoms with Crippen LogP contribution in [0.1, 0.15) is 33.4 Å². The molecule has 8 heteroatoms. The minimum Gasteiger partial charge on any atom is -0.493 e. The van der Waals surface area contributed by atoms with E-state index in [1.807, 2.05) is 35.4 Å². The summed E-state index contributed by atoms with van der Waals surface area (Å²) in [7, 11) is 6.96. The highest BCUT2D eigenvalue weighted by Gasteiger charge is 2.45. The van der Waals surface area contributed by atoms with Gasteiger partial charge in [-0.2, -0.15) is 0 Å². The molecule has 0 aromatic heterocycles. The van der Waals surface area contributed by atoms with Gasteiger partial charge in [-0.3, -0.25) is 9.59 Å². The monoisotopic (exact) mass is 469 g/mol. The molecule has 0 radical (unpaired) electrons. The third-order valence-corrected chi connectivity index (χ3v) is 7.46. The van der Waals surface area contributed by atoms with Crippen LogP contribution in [-0.4, -0.2) is 87.3 Å². The van der Waals surface area contributed by atoms with Crippen molar-refractivity contribution in [2.45, 2.75) is 16.9 Å². The first kappa shape index (κ1) is 23.4.